The lowest BCUT2D eigenvalue weighted by atomic mass is 10.0. The Balaban J connectivity index is 1.56. The van der Waals surface area contributed by atoms with Crippen LogP contribution in [0.5, 0.6) is 5.88 Å². The van der Waals surface area contributed by atoms with Gasteiger partial charge in [0, 0.05) is 30.0 Å². The fourth-order valence-corrected chi connectivity index (χ4v) is 5.39. The Labute approximate surface area is 200 Å². The molecule has 0 unspecified atom stereocenters. The van der Waals surface area contributed by atoms with E-state index in [-0.39, 0.29) is 12.5 Å². The molecule has 0 aliphatic carbocycles. The van der Waals surface area contributed by atoms with Crippen LogP contribution in [0.4, 0.5) is 16.0 Å². The van der Waals surface area contributed by atoms with Gasteiger partial charge in [0.15, 0.2) is 5.65 Å². The van der Waals surface area contributed by atoms with E-state index in [1.807, 2.05) is 37.0 Å². The molecule has 12 heteroatoms. The zero-order valence-electron chi connectivity index (χ0n) is 18.7. The predicted molar refractivity (Wildman–Crippen MR) is 132 cm³/mol. The molecule has 1 aromatic carbocycles. The first-order valence-electron chi connectivity index (χ1n) is 11.1. The second kappa shape index (κ2) is 8.09. The van der Waals surface area contributed by atoms with Crippen molar-refractivity contribution in [1.29, 1.82) is 0 Å². The van der Waals surface area contributed by atoms with Crippen molar-refractivity contribution in [3.63, 3.8) is 0 Å². The normalized spacial score (nSPS) is 16.1. The molecule has 35 heavy (non-hydrogen) atoms. The number of amides is 1. The Morgan fingerprint density at radius 3 is 2.97 bits per heavy atom. The molecule has 0 spiro atoms. The van der Waals surface area contributed by atoms with Gasteiger partial charge in [-0.2, -0.15) is 9.61 Å². The molecule has 1 amide bonds. The summed E-state index contributed by atoms with van der Waals surface area (Å²) in [5.74, 6) is 0.282. The summed E-state index contributed by atoms with van der Waals surface area (Å²) >= 11 is 0. The molecule has 0 radical (unpaired) electrons. The van der Waals surface area contributed by atoms with Gasteiger partial charge in [-0.25, -0.2) is 14.4 Å². The first kappa shape index (κ1) is 21.1. The number of H-pyrrole nitrogens is 1. The molecule has 1 aliphatic rings. The third-order valence-electron chi connectivity index (χ3n) is 5.97. The van der Waals surface area contributed by atoms with E-state index < -0.39 is 14.9 Å². The minimum Gasteiger partial charge on any atom is -0.532 e. The Morgan fingerprint density at radius 1 is 1.20 bits per heavy atom. The molecular weight excluding hydrogens is 467 g/mol. The van der Waals surface area contributed by atoms with Crippen LogP contribution < -0.4 is 20.8 Å². The number of aromatic amines is 1. The summed E-state index contributed by atoms with van der Waals surface area (Å²) in [6.45, 7) is 2.12. The fraction of sp³-hybridized carbons (Fsp3) is 0.130. The van der Waals surface area contributed by atoms with Gasteiger partial charge in [-0.3, -0.25) is 4.79 Å². The van der Waals surface area contributed by atoms with Gasteiger partial charge in [0.2, 0.25) is 5.88 Å². The molecule has 6 rings (SSSR count). The molecule has 2 bridgehead atoms. The molecule has 0 saturated heterocycles. The number of anilines is 2. The monoisotopic (exact) mass is 488 g/mol. The van der Waals surface area contributed by atoms with Crippen LogP contribution in [0, 0.1) is 5.82 Å². The van der Waals surface area contributed by atoms with Crippen molar-refractivity contribution in [2.24, 2.45) is 0 Å². The topological polar surface area (TPSA) is 135 Å². The molecule has 5 N–H and O–H groups in total. The summed E-state index contributed by atoms with van der Waals surface area (Å²) in [6.07, 6.45) is 4.78. The third kappa shape index (κ3) is 3.63. The molecule has 1 atom stereocenters. The number of aromatic nitrogens is 5. The number of rotatable bonds is 1. The smallest absolute Gasteiger partial charge is 0.256 e. The standard InChI is InChI=1S/C23H21FN8O2Si/c1-35-11-29-22(33)16-10-30-32-19(25)18(13-2-3-17-12(6-13)4-5-26-17)20(31-21(16)32)27-8-14-7-15(24)9-28-23(14)34-35/h2-7,9-10,26,35H,8,11,25H2,1H3,(H,27,31)(H,29,33)/t35-/m0/s1. The van der Waals surface area contributed by atoms with E-state index in [2.05, 4.69) is 25.7 Å². The number of halogens is 1. The summed E-state index contributed by atoms with van der Waals surface area (Å²) in [5.41, 5.74) is 10.2. The van der Waals surface area contributed by atoms with Crippen LogP contribution in [0.25, 0.3) is 27.7 Å². The van der Waals surface area contributed by atoms with Gasteiger partial charge in [0.1, 0.15) is 23.0 Å². The molecule has 4 aromatic heterocycles. The van der Waals surface area contributed by atoms with Crippen molar-refractivity contribution >= 4 is 43.1 Å². The van der Waals surface area contributed by atoms with Crippen molar-refractivity contribution in [1.82, 2.24) is 29.9 Å². The number of carbonyl (C=O) groups is 1. The predicted octanol–water partition coefficient (Wildman–Crippen LogP) is 2.62. The number of hydrogen-bond acceptors (Lipinski definition) is 7. The maximum atomic E-state index is 14.1. The summed E-state index contributed by atoms with van der Waals surface area (Å²) in [5, 5.41) is 11.5. The zero-order chi connectivity index (χ0) is 24.1. The highest BCUT2D eigenvalue weighted by Crippen LogP contribution is 2.36. The Morgan fingerprint density at radius 2 is 2.09 bits per heavy atom. The van der Waals surface area contributed by atoms with Gasteiger partial charge in [0.05, 0.1) is 18.0 Å². The molecule has 5 aromatic rings. The highest BCUT2D eigenvalue weighted by molar-refractivity contribution is 6.51. The van der Waals surface area contributed by atoms with Gasteiger partial charge < -0.3 is 25.8 Å². The number of nitrogens with zero attached hydrogens (tertiary/aromatic N) is 4. The van der Waals surface area contributed by atoms with E-state index in [1.165, 1.54) is 16.8 Å². The SMILES string of the molecule is C[Si@H]1CNC(=O)c2cnn3c(N)c(-c4ccc5[nH]ccc5c4)c(nc23)NCc2cc(F)cnc2O1. The number of benzene rings is 1. The number of hydrogen-bond donors (Lipinski definition) is 4. The van der Waals surface area contributed by atoms with Crippen molar-refractivity contribution in [2.75, 3.05) is 17.2 Å². The van der Waals surface area contributed by atoms with E-state index in [1.54, 1.807) is 0 Å². The van der Waals surface area contributed by atoms with Crippen LogP contribution in [0.2, 0.25) is 6.55 Å². The van der Waals surface area contributed by atoms with Gasteiger partial charge in [-0.05, 0) is 41.8 Å². The lowest BCUT2D eigenvalue weighted by molar-refractivity contribution is 0.0960. The van der Waals surface area contributed by atoms with E-state index in [0.717, 1.165) is 22.7 Å². The lowest BCUT2D eigenvalue weighted by Gasteiger charge is -2.17. The largest absolute Gasteiger partial charge is 0.532 e. The Bertz CT molecular complexity index is 1610. The second-order valence-electron chi connectivity index (χ2n) is 8.40. The quantitative estimate of drug-likeness (QED) is 0.266. The number of fused-ring (bicyclic) bond motifs is 3. The van der Waals surface area contributed by atoms with Crippen molar-refractivity contribution in [2.45, 2.75) is 13.1 Å². The van der Waals surface area contributed by atoms with Gasteiger partial charge in [-0.15, -0.1) is 0 Å². The maximum absolute atomic E-state index is 14.1. The highest BCUT2D eigenvalue weighted by atomic mass is 28.3. The summed E-state index contributed by atoms with van der Waals surface area (Å²) < 4.78 is 21.6. The number of nitrogens with one attached hydrogen (secondary N) is 3. The summed E-state index contributed by atoms with van der Waals surface area (Å²) in [6, 6.07) is 9.23. The third-order valence-corrected chi connectivity index (χ3v) is 7.38. The number of pyridine rings is 1. The molecule has 0 saturated carbocycles. The summed E-state index contributed by atoms with van der Waals surface area (Å²) in [7, 11) is -1.90. The fourth-order valence-electron chi connectivity index (χ4n) is 4.24. The van der Waals surface area contributed by atoms with E-state index >= 15 is 0 Å². The van der Waals surface area contributed by atoms with Crippen molar-refractivity contribution in [3.05, 3.63) is 65.9 Å². The molecule has 1 aliphatic heterocycles. The molecule has 176 valence electrons. The van der Waals surface area contributed by atoms with Crippen molar-refractivity contribution < 1.29 is 13.6 Å². The molecule has 10 nitrogen and oxygen atoms in total. The van der Waals surface area contributed by atoms with Crippen LogP contribution >= 0.6 is 0 Å². The van der Waals surface area contributed by atoms with Gasteiger partial charge in [0.25, 0.3) is 14.9 Å². The van der Waals surface area contributed by atoms with E-state index in [9.17, 15) is 9.18 Å². The van der Waals surface area contributed by atoms with E-state index in [0.29, 0.717) is 46.0 Å². The lowest BCUT2D eigenvalue weighted by Crippen LogP contribution is -2.37. The van der Waals surface area contributed by atoms with Crippen LogP contribution in [0.15, 0.2) is 48.9 Å². The molecule has 0 fully saturated rings. The van der Waals surface area contributed by atoms with Gasteiger partial charge in [-0.1, -0.05) is 6.07 Å². The zero-order valence-corrected chi connectivity index (χ0v) is 19.8. The van der Waals surface area contributed by atoms with Gasteiger partial charge >= 0.3 is 0 Å². The minimum atomic E-state index is -1.90. The number of nitrogens with two attached hydrogens (primary N) is 1. The summed E-state index contributed by atoms with van der Waals surface area (Å²) in [4.78, 5) is 25.0. The first-order chi connectivity index (χ1) is 17.0. The molecule has 5 heterocycles. The Hall–Kier alpha value is -4.45. The average Bonchev–Trinajstić information content (AvgIpc) is 3.49. The average molecular weight is 489 g/mol. The molecular formula is C23H21FN8O2Si. The van der Waals surface area contributed by atoms with Crippen LogP contribution in [-0.2, 0) is 6.54 Å². The van der Waals surface area contributed by atoms with Crippen LogP contribution in [-0.4, -0.2) is 45.7 Å². The number of carbonyl (C=O) groups excluding carboxylic acids is 1. The number of nitrogen functional groups attached to an aromatic ring is 1. The highest BCUT2D eigenvalue weighted by Gasteiger charge is 2.23. The first-order valence-corrected chi connectivity index (χ1v) is 13.5. The van der Waals surface area contributed by atoms with Crippen LogP contribution in [0.3, 0.4) is 0 Å². The Kier molecular flexibility index (Phi) is 4.88. The second-order valence-corrected chi connectivity index (χ2v) is 10.7. The van der Waals surface area contributed by atoms with Crippen molar-refractivity contribution in [3.8, 4) is 17.0 Å². The van der Waals surface area contributed by atoms with E-state index in [4.69, 9.17) is 15.1 Å². The minimum absolute atomic E-state index is 0.189. The van der Waals surface area contributed by atoms with Crippen LogP contribution in [0.1, 0.15) is 15.9 Å². The maximum Gasteiger partial charge on any atom is 0.256 e.